The van der Waals surface area contributed by atoms with Crippen LogP contribution in [0.15, 0.2) is 60.7 Å². The van der Waals surface area contributed by atoms with Gasteiger partial charge in [-0.25, -0.2) is 0 Å². The molecule has 2 aromatic carbocycles. The van der Waals surface area contributed by atoms with Crippen LogP contribution in [-0.2, 0) is 5.75 Å². The number of hydrogen-bond acceptors (Lipinski definition) is 1. The van der Waals surface area contributed by atoms with Crippen molar-refractivity contribution >= 4 is 12.6 Å². The largest absolute Gasteiger partial charge is 0.175 e. The lowest BCUT2D eigenvalue weighted by atomic mass is 10.2. The molecule has 0 atom stereocenters. The molecule has 0 saturated carbocycles. The van der Waals surface area contributed by atoms with Crippen molar-refractivity contribution in [2.24, 2.45) is 5.92 Å². The Morgan fingerprint density at radius 2 is 1.10 bits per heavy atom. The quantitative estimate of drug-likeness (QED) is 0.550. The summed E-state index contributed by atoms with van der Waals surface area (Å²) in [5.74, 6) is 1.67. The van der Waals surface area contributed by atoms with E-state index in [1.54, 1.807) is 0 Å². The predicted octanol–water partition coefficient (Wildman–Crippen LogP) is 6.80. The third kappa shape index (κ3) is 18.8. The van der Waals surface area contributed by atoms with E-state index < -0.39 is 0 Å². The van der Waals surface area contributed by atoms with Gasteiger partial charge in [0.2, 0.25) is 0 Å². The van der Waals surface area contributed by atoms with Crippen molar-refractivity contribution in [3.8, 4) is 0 Å². The lowest BCUT2D eigenvalue weighted by molar-refractivity contribution is 0.737. The SMILES string of the molecule is CC.CC(C)C.Cc1ccccc1.SCc1ccccc1. The third-order valence-electron chi connectivity index (χ3n) is 1.97. The van der Waals surface area contributed by atoms with Gasteiger partial charge < -0.3 is 0 Å². The van der Waals surface area contributed by atoms with E-state index in [0.29, 0.717) is 0 Å². The fraction of sp³-hybridized carbons (Fsp3) is 0.400. The van der Waals surface area contributed by atoms with Crippen molar-refractivity contribution in [2.75, 3.05) is 0 Å². The highest BCUT2D eigenvalue weighted by Gasteiger charge is 1.80. The Morgan fingerprint density at radius 1 is 0.762 bits per heavy atom. The molecule has 0 unspecified atom stereocenters. The second-order valence-corrected chi connectivity index (χ2v) is 5.35. The molecule has 0 aliphatic rings. The number of benzene rings is 2. The Labute approximate surface area is 138 Å². The minimum Gasteiger partial charge on any atom is -0.175 e. The molecule has 2 aromatic rings. The van der Waals surface area contributed by atoms with Crippen LogP contribution >= 0.6 is 12.6 Å². The summed E-state index contributed by atoms with van der Waals surface area (Å²) in [5.41, 5.74) is 2.60. The molecule has 0 aliphatic carbocycles. The molecule has 118 valence electrons. The zero-order chi connectivity index (χ0) is 16.5. The number of aryl methyl sites for hydroxylation is 1. The second-order valence-electron chi connectivity index (χ2n) is 5.03. The van der Waals surface area contributed by atoms with Crippen molar-refractivity contribution < 1.29 is 0 Å². The zero-order valence-electron chi connectivity index (χ0n) is 14.5. The van der Waals surface area contributed by atoms with Crippen LogP contribution < -0.4 is 0 Å². The van der Waals surface area contributed by atoms with E-state index in [1.807, 2.05) is 50.2 Å². The van der Waals surface area contributed by atoms with Gasteiger partial charge in [0, 0.05) is 5.75 Å². The Kier molecular flexibility index (Phi) is 17.7. The van der Waals surface area contributed by atoms with E-state index in [-0.39, 0.29) is 0 Å². The van der Waals surface area contributed by atoms with Crippen LogP contribution in [0, 0.1) is 12.8 Å². The first-order valence-electron chi connectivity index (χ1n) is 7.72. The van der Waals surface area contributed by atoms with Crippen LogP contribution in [-0.4, -0.2) is 0 Å². The lowest BCUT2D eigenvalue weighted by Gasteiger charge is -1.89. The van der Waals surface area contributed by atoms with Gasteiger partial charge in [-0.1, -0.05) is 101 Å². The highest BCUT2D eigenvalue weighted by atomic mass is 32.1. The van der Waals surface area contributed by atoms with Gasteiger partial charge in [0.05, 0.1) is 0 Å². The molecule has 0 radical (unpaired) electrons. The monoisotopic (exact) mass is 304 g/mol. The molecule has 0 spiro atoms. The number of thiol groups is 1. The highest BCUT2D eigenvalue weighted by Crippen LogP contribution is 2.00. The Bertz CT molecular complexity index is 390. The van der Waals surface area contributed by atoms with Gasteiger partial charge in [-0.3, -0.25) is 0 Å². The molecule has 0 bridgehead atoms. The zero-order valence-corrected chi connectivity index (χ0v) is 15.4. The summed E-state index contributed by atoms with van der Waals surface area (Å²) in [4.78, 5) is 0. The Balaban J connectivity index is 0. The molecular formula is C20H32S. The molecule has 0 aliphatic heterocycles. The molecule has 1 heteroatoms. The third-order valence-corrected chi connectivity index (χ3v) is 2.33. The van der Waals surface area contributed by atoms with E-state index in [1.165, 1.54) is 11.1 Å². The van der Waals surface area contributed by atoms with Gasteiger partial charge in [0.1, 0.15) is 0 Å². The number of rotatable bonds is 1. The van der Waals surface area contributed by atoms with Crippen molar-refractivity contribution in [3.63, 3.8) is 0 Å². The van der Waals surface area contributed by atoms with Gasteiger partial charge >= 0.3 is 0 Å². The van der Waals surface area contributed by atoms with Gasteiger partial charge in [0.25, 0.3) is 0 Å². The van der Waals surface area contributed by atoms with E-state index in [2.05, 4.69) is 64.6 Å². The van der Waals surface area contributed by atoms with Crippen molar-refractivity contribution in [2.45, 2.75) is 47.3 Å². The van der Waals surface area contributed by atoms with Crippen molar-refractivity contribution in [1.82, 2.24) is 0 Å². The maximum atomic E-state index is 4.11. The molecule has 0 N–H and O–H groups in total. The fourth-order valence-corrected chi connectivity index (χ4v) is 1.33. The first-order valence-corrected chi connectivity index (χ1v) is 8.36. The summed E-state index contributed by atoms with van der Waals surface area (Å²) in [7, 11) is 0. The van der Waals surface area contributed by atoms with Gasteiger partial charge in [-0.15, -0.1) is 0 Å². The smallest absolute Gasteiger partial charge is 0.0154 e. The van der Waals surface area contributed by atoms with Crippen molar-refractivity contribution in [1.29, 1.82) is 0 Å². The molecule has 0 amide bonds. The summed E-state index contributed by atoms with van der Waals surface area (Å²) in [6.07, 6.45) is 0. The van der Waals surface area contributed by atoms with E-state index in [9.17, 15) is 0 Å². The average molecular weight is 305 g/mol. The minimum atomic E-state index is 0.833. The molecule has 0 nitrogen and oxygen atoms in total. The summed E-state index contributed by atoms with van der Waals surface area (Å²) in [5, 5.41) is 0. The highest BCUT2D eigenvalue weighted by molar-refractivity contribution is 7.79. The molecule has 2 rings (SSSR count). The van der Waals surface area contributed by atoms with Crippen LogP contribution in [0.5, 0.6) is 0 Å². The molecule has 0 fully saturated rings. The van der Waals surface area contributed by atoms with Gasteiger partial charge in [0.15, 0.2) is 0 Å². The minimum absolute atomic E-state index is 0.833. The molecule has 21 heavy (non-hydrogen) atoms. The van der Waals surface area contributed by atoms with Gasteiger partial charge in [-0.05, 0) is 18.4 Å². The van der Waals surface area contributed by atoms with Crippen LogP contribution in [0.25, 0.3) is 0 Å². The number of hydrogen-bond donors (Lipinski definition) is 1. The lowest BCUT2D eigenvalue weighted by Crippen LogP contribution is -1.71. The van der Waals surface area contributed by atoms with E-state index in [4.69, 9.17) is 0 Å². The Morgan fingerprint density at radius 3 is 1.29 bits per heavy atom. The molecule has 0 heterocycles. The molecular weight excluding hydrogens is 272 g/mol. The normalized spacial score (nSPS) is 8.38. The summed E-state index contributed by atoms with van der Waals surface area (Å²) in [6.45, 7) is 12.6. The fourth-order valence-electron chi connectivity index (χ4n) is 1.12. The molecule has 0 saturated heterocycles. The summed E-state index contributed by atoms with van der Waals surface area (Å²) < 4.78 is 0. The molecule has 0 aromatic heterocycles. The van der Waals surface area contributed by atoms with E-state index in [0.717, 1.165) is 11.7 Å². The van der Waals surface area contributed by atoms with Crippen LogP contribution in [0.3, 0.4) is 0 Å². The van der Waals surface area contributed by atoms with Gasteiger partial charge in [-0.2, -0.15) is 12.6 Å². The van der Waals surface area contributed by atoms with Crippen LogP contribution in [0.1, 0.15) is 45.7 Å². The maximum Gasteiger partial charge on any atom is 0.0154 e. The van der Waals surface area contributed by atoms with Crippen LogP contribution in [0.2, 0.25) is 0 Å². The first kappa shape index (κ1) is 22.1. The topological polar surface area (TPSA) is 0 Å². The van der Waals surface area contributed by atoms with Crippen LogP contribution in [0.4, 0.5) is 0 Å². The Hall–Kier alpha value is -1.21. The summed E-state index contributed by atoms with van der Waals surface area (Å²) >= 11 is 4.11. The second kappa shape index (κ2) is 16.8. The predicted molar refractivity (Wildman–Crippen MR) is 102 cm³/mol. The average Bonchev–Trinajstić information content (AvgIpc) is 2.51. The first-order chi connectivity index (χ1) is 10.1. The standard InChI is InChI=1S/C7H8S.C7H8.C4H10.C2H6/c8-6-7-4-2-1-3-5-7;1-7-5-3-2-4-6-7;1-4(2)3;1-2/h1-5,8H,6H2;2-6H,1H3;4H,1-3H3;1-2H3. The van der Waals surface area contributed by atoms with Crippen molar-refractivity contribution in [3.05, 3.63) is 71.8 Å². The summed E-state index contributed by atoms with van der Waals surface area (Å²) in [6, 6.07) is 20.4. The van der Waals surface area contributed by atoms with E-state index >= 15 is 0 Å². The maximum absolute atomic E-state index is 4.11.